The number of pyridine rings is 3. The van der Waals surface area contributed by atoms with Crippen LogP contribution in [0.3, 0.4) is 0 Å². The van der Waals surface area contributed by atoms with Gasteiger partial charge in [0.1, 0.15) is 0 Å². The summed E-state index contributed by atoms with van der Waals surface area (Å²) in [6.45, 7) is 0. The fourth-order valence-corrected chi connectivity index (χ4v) is 24.1. The molecule has 0 bridgehead atoms. The zero-order valence-electron chi connectivity index (χ0n) is 51.9. The van der Waals surface area contributed by atoms with Crippen molar-refractivity contribution in [2.24, 2.45) is 0 Å². The number of aromatic nitrogens is 3. The van der Waals surface area contributed by atoms with E-state index >= 15 is 0 Å². The van der Waals surface area contributed by atoms with E-state index in [1.54, 1.807) is 0 Å². The summed E-state index contributed by atoms with van der Waals surface area (Å²) in [5.74, 6) is 0. The molecule has 0 aliphatic carbocycles. The van der Waals surface area contributed by atoms with Gasteiger partial charge in [-0.25, -0.2) is 0 Å². The van der Waals surface area contributed by atoms with Gasteiger partial charge in [0.05, 0.1) is 37.8 Å². The van der Waals surface area contributed by atoms with Gasteiger partial charge in [-0.3, -0.25) is 0 Å². The topological polar surface area (TPSA) is 13.2 Å². The maximum absolute atomic E-state index is 2.58. The van der Waals surface area contributed by atoms with E-state index in [4.69, 9.17) is 0 Å². The molecule has 25 rings (SSSR count). The molecule has 3 nitrogen and oxygen atoms in total. The Morgan fingerprint density at radius 1 is 0.194 bits per heavy atom. The maximum Gasteiger partial charge on any atom is 0.0714 e. The van der Waals surface area contributed by atoms with E-state index in [-0.39, 0.29) is 0 Å². The number of rotatable bonds is 2. The van der Waals surface area contributed by atoms with Crippen molar-refractivity contribution in [3.8, 4) is 22.3 Å². The lowest BCUT2D eigenvalue weighted by atomic mass is 9.92. The molecule has 0 radical (unpaired) electrons. The first-order valence-corrected chi connectivity index (χ1v) is 37.5. The largest absolute Gasteiger partial charge is 0.315 e. The first-order valence-electron chi connectivity index (χ1n) is 33.4. The Hall–Kier alpha value is -11.2. The van der Waals surface area contributed by atoms with Crippen LogP contribution in [0.25, 0.3) is 237 Å². The van der Waals surface area contributed by atoms with Gasteiger partial charge in [0.25, 0.3) is 0 Å². The van der Waals surface area contributed by atoms with Gasteiger partial charge in [-0.15, -0.1) is 56.7 Å². The van der Waals surface area contributed by atoms with Crippen LogP contribution in [0.5, 0.6) is 0 Å². The van der Waals surface area contributed by atoms with Crippen LogP contribution in [0.15, 0.2) is 273 Å². The molecule has 0 N–H and O–H groups in total. The van der Waals surface area contributed by atoms with Crippen molar-refractivity contribution in [2.45, 2.75) is 0 Å². The van der Waals surface area contributed by atoms with Gasteiger partial charge in [0.15, 0.2) is 0 Å². The molecule has 0 aliphatic rings. The van der Waals surface area contributed by atoms with Crippen molar-refractivity contribution in [3.63, 3.8) is 0 Å². The molecule has 25 aromatic rings. The lowest BCUT2D eigenvalue weighted by molar-refractivity contribution is 1.30. The molecule has 0 spiro atoms. The van der Waals surface area contributed by atoms with E-state index in [9.17, 15) is 0 Å². The van der Waals surface area contributed by atoms with Crippen molar-refractivity contribution >= 4 is 271 Å². The zero-order chi connectivity index (χ0) is 63.1. The number of hydrogen-bond acceptors (Lipinski definition) is 5. The van der Waals surface area contributed by atoms with E-state index in [2.05, 4.69) is 287 Å². The third-order valence-electron chi connectivity index (χ3n) is 22.1. The van der Waals surface area contributed by atoms with Gasteiger partial charge in [-0.05, 0) is 82.7 Å². The minimum Gasteiger partial charge on any atom is -0.315 e. The van der Waals surface area contributed by atoms with Crippen LogP contribution in [0.2, 0.25) is 0 Å². The molecule has 14 aromatic carbocycles. The summed E-state index contributed by atoms with van der Waals surface area (Å²) in [5.41, 5.74) is 12.4. The van der Waals surface area contributed by atoms with Gasteiger partial charge in [-0.2, -0.15) is 0 Å². The molecule has 8 heteroatoms. The second-order valence-corrected chi connectivity index (χ2v) is 32.2. The fourth-order valence-electron chi connectivity index (χ4n) is 18.0. The normalized spacial score (nSPS) is 12.9. The smallest absolute Gasteiger partial charge is 0.0714 e. The van der Waals surface area contributed by atoms with E-state index in [0.717, 1.165) is 0 Å². The van der Waals surface area contributed by atoms with Crippen LogP contribution in [0.4, 0.5) is 0 Å². The van der Waals surface area contributed by atoms with Crippen LogP contribution in [-0.2, 0) is 0 Å². The highest BCUT2D eigenvalue weighted by atomic mass is 32.1. The van der Waals surface area contributed by atoms with Crippen molar-refractivity contribution in [1.29, 1.82) is 0 Å². The summed E-state index contributed by atoms with van der Waals surface area (Å²) in [6.07, 6.45) is 7.20. The Bertz CT molecular complexity index is 8070. The summed E-state index contributed by atoms with van der Waals surface area (Å²) in [6, 6.07) is 97.7. The van der Waals surface area contributed by atoms with Gasteiger partial charge in [-0.1, -0.05) is 194 Å². The van der Waals surface area contributed by atoms with Crippen molar-refractivity contribution in [2.75, 3.05) is 0 Å². The molecule has 0 amide bonds. The van der Waals surface area contributed by atoms with Gasteiger partial charge in [0, 0.05) is 196 Å². The third kappa shape index (κ3) is 6.49. The van der Waals surface area contributed by atoms with E-state index in [1.807, 2.05) is 56.7 Å². The first-order chi connectivity index (χ1) is 48.6. The standard InChI is InChI=1S/C90H45N3S5/c1-5-19-52-48(15-1)43-91-69-42-64(76-60-23-9-14-28-73(60)98-90(76)80(69)78-62(83(52)91)36-38-75-77(78)61-24-10-13-27-72(61)94-75)46-30-37-74-67(40-46)59-34-35-63-79(87(59)96-74)81-85(92-44-49-16-3-6-20-53(49)84(63)92)65(41-68-55-22-8-12-26-71(55)95-88(68)81)47-29-31-56-66(39-47)57-32-33-58-54-21-7-11-25-70(54)97-89(58)86(57)93-45-50-17-2-4-18-51(50)82(56)93/h1-45H. The quantitative estimate of drug-likeness (QED) is 0.153. The number of benzene rings is 14. The van der Waals surface area contributed by atoms with Crippen LogP contribution in [-0.4, -0.2) is 13.2 Å². The van der Waals surface area contributed by atoms with Crippen molar-refractivity contribution < 1.29 is 0 Å². The van der Waals surface area contributed by atoms with Crippen molar-refractivity contribution in [1.82, 2.24) is 13.2 Å². The second kappa shape index (κ2) is 18.5. The minimum atomic E-state index is 1.21. The Labute approximate surface area is 575 Å². The highest BCUT2D eigenvalue weighted by Crippen LogP contribution is 2.55. The number of hydrogen-bond donors (Lipinski definition) is 0. The highest BCUT2D eigenvalue weighted by molar-refractivity contribution is 7.29. The Balaban J connectivity index is 0.805. The lowest BCUT2D eigenvalue weighted by Gasteiger charge is -2.17. The summed E-state index contributed by atoms with van der Waals surface area (Å²) < 4.78 is 20.8. The molecule has 0 fully saturated rings. The molecule has 0 saturated heterocycles. The Kier molecular flexibility index (Phi) is 9.81. The van der Waals surface area contributed by atoms with Crippen LogP contribution < -0.4 is 0 Å². The fraction of sp³-hybridized carbons (Fsp3) is 0. The van der Waals surface area contributed by atoms with Gasteiger partial charge in [0.2, 0.25) is 0 Å². The molecule has 0 saturated carbocycles. The van der Waals surface area contributed by atoms with E-state index < -0.39 is 0 Å². The number of thiophene rings is 5. The predicted octanol–water partition coefficient (Wildman–Crippen LogP) is 28.0. The summed E-state index contributed by atoms with van der Waals surface area (Å²) in [7, 11) is 0. The molecule has 11 heterocycles. The zero-order valence-corrected chi connectivity index (χ0v) is 55.9. The number of nitrogens with zero attached hydrogens (tertiary/aromatic N) is 3. The summed E-state index contributed by atoms with van der Waals surface area (Å²) in [4.78, 5) is 0. The predicted molar refractivity (Wildman–Crippen MR) is 432 cm³/mol. The minimum absolute atomic E-state index is 1.21. The molecule has 11 aromatic heterocycles. The third-order valence-corrected chi connectivity index (χ3v) is 28.0. The second-order valence-electron chi connectivity index (χ2n) is 26.9. The monoisotopic (exact) mass is 1330 g/mol. The SMILES string of the molecule is c1ccc2c(c1)cn1c3cc(-c4ccc5sc6c(ccc7c6c6c8sc9ccccc9c8cc(-c8ccc9c(c8)c8ccc%10c%11ccccc%11sc%10c8n8cc%10ccccc%10c98)c6n6cc8ccccc8c76)c5c4)c4c5ccccc5sc4c3c3c(ccc4sc5ccccc5c43)c21. The molecule has 0 unspecified atom stereocenters. The molecule has 0 atom stereocenters. The Morgan fingerprint density at radius 3 is 1.35 bits per heavy atom. The highest BCUT2D eigenvalue weighted by Gasteiger charge is 2.28. The van der Waals surface area contributed by atoms with E-state index in [1.165, 1.54) is 237 Å². The molecule has 0 aliphatic heterocycles. The van der Waals surface area contributed by atoms with Crippen LogP contribution in [0, 0.1) is 0 Å². The summed E-state index contributed by atoms with van der Waals surface area (Å²) >= 11 is 9.69. The first kappa shape index (κ1) is 52.0. The average Bonchev–Trinajstić information content (AvgIpc) is 1.47. The molecular formula is C90H45N3S5. The average molecular weight is 1330 g/mol. The molecule has 450 valence electrons. The van der Waals surface area contributed by atoms with Crippen LogP contribution >= 0.6 is 56.7 Å². The Morgan fingerprint density at radius 2 is 0.633 bits per heavy atom. The van der Waals surface area contributed by atoms with Gasteiger partial charge >= 0.3 is 0 Å². The number of fused-ring (bicyclic) bond motifs is 44. The van der Waals surface area contributed by atoms with Crippen LogP contribution in [0.1, 0.15) is 0 Å². The maximum atomic E-state index is 2.58. The van der Waals surface area contributed by atoms with Gasteiger partial charge < -0.3 is 13.2 Å². The summed E-state index contributed by atoms with van der Waals surface area (Å²) in [5, 5.41) is 32.3. The molecular weight excluding hydrogens is 1280 g/mol. The lowest BCUT2D eigenvalue weighted by Crippen LogP contribution is -1.95. The van der Waals surface area contributed by atoms with E-state index in [0.29, 0.717) is 0 Å². The van der Waals surface area contributed by atoms with Crippen molar-refractivity contribution in [3.05, 3.63) is 273 Å². The molecule has 98 heavy (non-hydrogen) atoms.